The summed E-state index contributed by atoms with van der Waals surface area (Å²) in [5.74, 6) is -0.994. The van der Waals surface area contributed by atoms with Crippen molar-refractivity contribution < 1.29 is 35.3 Å². The van der Waals surface area contributed by atoms with Crippen LogP contribution >= 0.6 is 22.7 Å². The zero-order valence-electron chi connectivity index (χ0n) is 23.8. The van der Waals surface area contributed by atoms with E-state index in [0.717, 1.165) is 38.5 Å². The molecule has 0 atom stereocenters. The van der Waals surface area contributed by atoms with E-state index < -0.39 is 21.5 Å². The van der Waals surface area contributed by atoms with Gasteiger partial charge in [-0.3, -0.25) is 0 Å². The molecule has 6 aromatic heterocycles. The van der Waals surface area contributed by atoms with E-state index in [9.17, 15) is 26.4 Å². The number of pyridine rings is 2. The van der Waals surface area contributed by atoms with Crippen LogP contribution < -0.4 is 4.18 Å². The maximum Gasteiger partial charge on any atom is 0.534 e. The predicted octanol–water partition coefficient (Wildman–Crippen LogP) is 6.28. The van der Waals surface area contributed by atoms with Crippen LogP contribution in [0.3, 0.4) is 0 Å². The fourth-order valence-corrected chi connectivity index (χ4v) is 6.73. The molecule has 0 aliphatic heterocycles. The first-order valence-corrected chi connectivity index (χ1v) is 16.0. The third-order valence-electron chi connectivity index (χ3n) is 6.23. The van der Waals surface area contributed by atoms with E-state index >= 15 is 0 Å². The maximum absolute atomic E-state index is 12.3. The summed E-state index contributed by atoms with van der Waals surface area (Å²) in [7, 11) is -4.36. The van der Waals surface area contributed by atoms with Crippen LogP contribution in [0, 0.1) is 13.8 Å². The van der Waals surface area contributed by atoms with Gasteiger partial charge >= 0.3 is 21.6 Å². The van der Waals surface area contributed by atoms with Gasteiger partial charge in [-0.1, -0.05) is 18.2 Å². The molecule has 0 bridgehead atoms. The van der Waals surface area contributed by atoms with Gasteiger partial charge in [0, 0.05) is 18.8 Å². The maximum atomic E-state index is 12.3. The number of rotatable bonds is 7. The summed E-state index contributed by atoms with van der Waals surface area (Å²) in [5.41, 5.74) is -0.105. The Morgan fingerprint density at radius 2 is 1.56 bits per heavy atom. The minimum Gasteiger partial charge on any atom is -0.465 e. The number of methoxy groups -OCH3 is 1. The Balaban J connectivity index is 0.000000178. The third kappa shape index (κ3) is 6.31. The summed E-state index contributed by atoms with van der Waals surface area (Å²) in [6.07, 6.45) is 5.86. The standard InChI is InChI=1S/C16H15N3O2S.C12H8F3N3O3S2/c1-4-7-11-14(16(20)21-3)22-15(17-11)13-10(2)18-19-9-6-5-8-12(13)19;1-7-10(8-4-2-3-5-18(8)17-7)11-16-9(6-22-11)21-23(19,20)12(13,14)15/h4-6,8-9H,1,7H2,2-3H3;2-6H,1H3. The largest absolute Gasteiger partial charge is 0.534 e. The molecule has 234 valence electrons. The number of aromatic nitrogens is 6. The average Bonchev–Trinajstić information content (AvgIpc) is 3.75. The van der Waals surface area contributed by atoms with E-state index in [2.05, 4.69) is 30.9 Å². The highest BCUT2D eigenvalue weighted by Crippen LogP contribution is 2.35. The highest BCUT2D eigenvalue weighted by molar-refractivity contribution is 7.88. The fraction of sp³-hybridized carbons (Fsp3) is 0.179. The summed E-state index contributed by atoms with van der Waals surface area (Å²) in [5, 5.41) is 10.9. The number of nitrogens with zero attached hydrogens (tertiary/aromatic N) is 6. The van der Waals surface area contributed by atoms with E-state index in [4.69, 9.17) is 4.74 Å². The minimum absolute atomic E-state index is 0.316. The first kappa shape index (κ1) is 31.8. The van der Waals surface area contributed by atoms with Crippen molar-refractivity contribution in [2.24, 2.45) is 0 Å². The molecule has 0 N–H and O–H groups in total. The number of allylic oxidation sites excluding steroid dienone is 1. The van der Waals surface area contributed by atoms with Gasteiger partial charge in [0.1, 0.15) is 14.9 Å². The molecule has 6 rings (SSSR count). The van der Waals surface area contributed by atoms with Gasteiger partial charge in [-0.2, -0.15) is 31.8 Å². The lowest BCUT2D eigenvalue weighted by Crippen LogP contribution is -2.28. The lowest BCUT2D eigenvalue weighted by molar-refractivity contribution is -0.0501. The Morgan fingerprint density at radius 3 is 2.09 bits per heavy atom. The Labute approximate surface area is 262 Å². The molecule has 11 nitrogen and oxygen atoms in total. The summed E-state index contributed by atoms with van der Waals surface area (Å²) in [6, 6.07) is 11.2. The fourth-order valence-electron chi connectivity index (χ4n) is 4.32. The van der Waals surface area contributed by atoms with Crippen molar-refractivity contribution in [3.8, 4) is 27.0 Å². The molecule has 0 saturated heterocycles. The van der Waals surface area contributed by atoms with Crippen molar-refractivity contribution in [2.75, 3.05) is 7.11 Å². The molecular formula is C28H23F3N6O5S3. The number of carbonyl (C=O) groups excluding carboxylic acids is 1. The van der Waals surface area contributed by atoms with Crippen LogP contribution in [0.25, 0.3) is 32.2 Å². The highest BCUT2D eigenvalue weighted by atomic mass is 32.2. The van der Waals surface area contributed by atoms with E-state index in [-0.39, 0.29) is 5.97 Å². The SMILES string of the molecule is C=CCc1nc(-c2c(C)nn3ccccc23)sc1C(=O)OC.Cc1nn2ccccc2c1-c1nc(OS(=O)(=O)C(F)(F)F)cs1. The second-order valence-corrected chi connectivity index (χ2v) is 12.6. The highest BCUT2D eigenvalue weighted by Gasteiger charge is 2.49. The Bertz CT molecular complexity index is 2150. The van der Waals surface area contributed by atoms with Crippen LogP contribution in [0.1, 0.15) is 26.8 Å². The molecule has 6 heterocycles. The van der Waals surface area contributed by atoms with Gasteiger partial charge in [0.15, 0.2) is 0 Å². The van der Waals surface area contributed by atoms with E-state index in [0.29, 0.717) is 38.8 Å². The van der Waals surface area contributed by atoms with E-state index in [1.165, 1.54) is 18.4 Å². The zero-order chi connectivity index (χ0) is 32.5. The minimum atomic E-state index is -5.74. The quantitative estimate of drug-likeness (QED) is 0.0831. The second kappa shape index (κ2) is 12.4. The number of alkyl halides is 3. The number of ether oxygens (including phenoxy) is 1. The summed E-state index contributed by atoms with van der Waals surface area (Å²) in [4.78, 5) is 20.9. The number of aryl methyl sites for hydroxylation is 2. The average molecular weight is 677 g/mol. The molecule has 0 spiro atoms. The van der Waals surface area contributed by atoms with Gasteiger partial charge in [-0.25, -0.2) is 23.8 Å². The molecule has 0 aliphatic carbocycles. The Hall–Kier alpha value is -4.61. The molecule has 45 heavy (non-hydrogen) atoms. The molecule has 0 fully saturated rings. The molecule has 17 heteroatoms. The molecule has 0 unspecified atom stereocenters. The lowest BCUT2D eigenvalue weighted by Gasteiger charge is -2.06. The molecule has 0 amide bonds. The topological polar surface area (TPSA) is 130 Å². The predicted molar refractivity (Wildman–Crippen MR) is 163 cm³/mol. The number of esters is 1. The van der Waals surface area contributed by atoms with E-state index in [1.54, 1.807) is 41.9 Å². The van der Waals surface area contributed by atoms with Crippen LogP contribution in [0.2, 0.25) is 0 Å². The van der Waals surface area contributed by atoms with Crippen LogP contribution in [0.4, 0.5) is 13.2 Å². The van der Waals surface area contributed by atoms with Crippen LogP contribution in [0.5, 0.6) is 5.88 Å². The van der Waals surface area contributed by atoms with E-state index in [1.807, 2.05) is 35.8 Å². The summed E-state index contributed by atoms with van der Waals surface area (Å²) < 4.78 is 71.2. The summed E-state index contributed by atoms with van der Waals surface area (Å²) in [6.45, 7) is 7.38. The van der Waals surface area contributed by atoms with Crippen molar-refractivity contribution in [3.05, 3.63) is 88.8 Å². The van der Waals surface area contributed by atoms with Crippen LogP contribution in [-0.4, -0.2) is 56.2 Å². The number of carbonyl (C=O) groups is 1. The second-order valence-electron chi connectivity index (χ2n) is 9.24. The van der Waals surface area contributed by atoms with Crippen molar-refractivity contribution in [3.63, 3.8) is 0 Å². The molecule has 6 aromatic rings. The first-order chi connectivity index (χ1) is 21.3. The Morgan fingerprint density at radius 1 is 0.978 bits per heavy atom. The van der Waals surface area contributed by atoms with Crippen molar-refractivity contribution >= 4 is 49.8 Å². The third-order valence-corrected chi connectivity index (χ3v) is 9.12. The van der Waals surface area contributed by atoms with Crippen molar-refractivity contribution in [2.45, 2.75) is 25.8 Å². The van der Waals surface area contributed by atoms with Crippen LogP contribution in [0.15, 0.2) is 66.8 Å². The molecular weight excluding hydrogens is 654 g/mol. The molecule has 0 radical (unpaired) electrons. The van der Waals surface area contributed by atoms with Gasteiger partial charge in [0.25, 0.3) is 0 Å². The van der Waals surface area contributed by atoms with Crippen molar-refractivity contribution in [1.29, 1.82) is 0 Å². The lowest BCUT2D eigenvalue weighted by atomic mass is 10.2. The Kier molecular flexibility index (Phi) is 8.77. The van der Waals surface area contributed by atoms with Crippen molar-refractivity contribution in [1.82, 2.24) is 29.2 Å². The number of thiazole rings is 2. The van der Waals surface area contributed by atoms with Crippen LogP contribution in [-0.2, 0) is 21.3 Å². The first-order valence-electron chi connectivity index (χ1n) is 12.9. The monoisotopic (exact) mass is 676 g/mol. The van der Waals surface area contributed by atoms with Gasteiger partial charge in [0.2, 0.25) is 5.88 Å². The number of fused-ring (bicyclic) bond motifs is 2. The van der Waals surface area contributed by atoms with Gasteiger partial charge < -0.3 is 8.92 Å². The zero-order valence-corrected chi connectivity index (χ0v) is 26.2. The normalized spacial score (nSPS) is 11.8. The number of halogens is 3. The molecule has 0 aromatic carbocycles. The number of hydrogen-bond acceptors (Lipinski definition) is 11. The molecule has 0 aliphatic rings. The molecule has 0 saturated carbocycles. The van der Waals surface area contributed by atoms with Gasteiger partial charge in [-0.15, -0.1) is 29.3 Å². The number of hydrogen-bond donors (Lipinski definition) is 0. The van der Waals surface area contributed by atoms with Gasteiger partial charge in [-0.05, 0) is 38.1 Å². The van der Waals surface area contributed by atoms with Gasteiger partial charge in [0.05, 0.1) is 51.7 Å². The smallest absolute Gasteiger partial charge is 0.465 e. The summed E-state index contributed by atoms with van der Waals surface area (Å²) >= 11 is 2.30.